The molecule has 1 fully saturated rings. The number of aliphatic hydroxyl groups excluding tert-OH is 2. The van der Waals surface area contributed by atoms with E-state index in [4.69, 9.17) is 23.7 Å². The molecule has 1 aliphatic heterocycles. The third kappa shape index (κ3) is 42.5. The Labute approximate surface area is 467 Å². The molecule has 1 saturated heterocycles. The van der Waals surface area contributed by atoms with Gasteiger partial charge in [-0.1, -0.05) is 228 Å². The predicted molar refractivity (Wildman–Crippen MR) is 312 cm³/mol. The second-order valence-corrected chi connectivity index (χ2v) is 20.6. The van der Waals surface area contributed by atoms with Crippen LogP contribution in [0.5, 0.6) is 0 Å². The highest BCUT2D eigenvalue weighted by molar-refractivity contribution is 5.74. The summed E-state index contributed by atoms with van der Waals surface area (Å²) in [7, 11) is 0. The van der Waals surface area contributed by atoms with E-state index in [1.165, 1.54) is 83.5 Å². The average Bonchev–Trinajstić information content (AvgIpc) is 3.42. The Kier molecular flexibility index (Phi) is 48.4. The van der Waals surface area contributed by atoms with Crippen molar-refractivity contribution >= 4 is 23.9 Å². The Balaban J connectivity index is 2.71. The normalized spacial score (nSPS) is 18.6. The SMILES string of the molecule is CC/C=C\C/C=C\C/C=C\C/C=C\CCCCCCC(=O)OCC(COC1OC(C(=O)O)C(O)C(O)C1OC(=O)CCCCC/C=C\C/C=C\C/C=C\CC)OC(=O)CCCCCCCCCCCCCCCCCCC. The minimum Gasteiger partial charge on any atom is -0.479 e. The molecule has 0 aliphatic carbocycles. The molecule has 0 aromatic carbocycles. The van der Waals surface area contributed by atoms with E-state index in [0.29, 0.717) is 19.3 Å². The third-order valence-electron chi connectivity index (χ3n) is 13.5. The van der Waals surface area contributed by atoms with Crippen molar-refractivity contribution in [2.45, 2.75) is 289 Å². The molecule has 0 saturated carbocycles. The lowest BCUT2D eigenvalue weighted by molar-refractivity contribution is -0.301. The van der Waals surface area contributed by atoms with Crippen molar-refractivity contribution in [3.05, 3.63) is 85.1 Å². The van der Waals surface area contributed by atoms with Gasteiger partial charge in [-0.3, -0.25) is 14.4 Å². The first kappa shape index (κ1) is 70.9. The number of allylic oxidation sites excluding steroid dienone is 14. The number of esters is 3. The Bertz CT molecular complexity index is 1660. The van der Waals surface area contributed by atoms with Gasteiger partial charge in [-0.15, -0.1) is 0 Å². The van der Waals surface area contributed by atoms with E-state index < -0.39 is 67.3 Å². The quantitative estimate of drug-likeness (QED) is 0.0228. The summed E-state index contributed by atoms with van der Waals surface area (Å²) in [6.07, 6.45) is 55.5. The highest BCUT2D eigenvalue weighted by Gasteiger charge is 2.50. The van der Waals surface area contributed by atoms with Gasteiger partial charge in [0, 0.05) is 19.3 Å². The maximum Gasteiger partial charge on any atom is 0.335 e. The standard InChI is InChI=1S/C65H108O12/c1-4-7-10-13-16-19-22-25-27-29-31-34-36-39-42-45-48-51-57(66)73-54-56(75-58(67)52-49-46-43-40-38-35-32-30-28-26-23-20-17-14-11-8-5-2)55-74-65-63(61(70)60(69)62(77-65)64(71)72)76-59(68)53-50-47-44-41-37-33-24-21-18-15-12-9-6-3/h7,9-10,12,16,18-19,21,25,27,31,33-34,37,56,60-63,65,69-70H,4-6,8,11,13-15,17,20,22-24,26,28-30,32,35-36,38-55H2,1-3H3,(H,71,72)/b10-7-,12-9-,19-16-,21-18-,27-25-,34-31-,37-33-. The first-order chi connectivity index (χ1) is 37.6. The van der Waals surface area contributed by atoms with E-state index in [2.05, 4.69) is 106 Å². The van der Waals surface area contributed by atoms with Crippen molar-refractivity contribution in [3.63, 3.8) is 0 Å². The van der Waals surface area contributed by atoms with Crippen molar-refractivity contribution < 1.29 is 58.2 Å². The number of carbonyl (C=O) groups excluding carboxylic acids is 3. The van der Waals surface area contributed by atoms with Gasteiger partial charge in [-0.25, -0.2) is 4.79 Å². The van der Waals surface area contributed by atoms with Crippen molar-refractivity contribution in [2.75, 3.05) is 13.2 Å². The monoisotopic (exact) mass is 1080 g/mol. The second-order valence-electron chi connectivity index (χ2n) is 20.6. The fourth-order valence-corrected chi connectivity index (χ4v) is 8.84. The molecule has 0 bridgehead atoms. The van der Waals surface area contributed by atoms with Gasteiger partial charge in [0.05, 0.1) is 6.61 Å². The molecule has 0 radical (unpaired) electrons. The van der Waals surface area contributed by atoms with Crippen LogP contribution in [0, 0.1) is 0 Å². The molecule has 77 heavy (non-hydrogen) atoms. The van der Waals surface area contributed by atoms with Crippen molar-refractivity contribution in [1.82, 2.24) is 0 Å². The van der Waals surface area contributed by atoms with E-state index >= 15 is 0 Å². The summed E-state index contributed by atoms with van der Waals surface area (Å²) >= 11 is 0. The summed E-state index contributed by atoms with van der Waals surface area (Å²) in [4.78, 5) is 51.2. The van der Waals surface area contributed by atoms with Gasteiger partial charge in [0.1, 0.15) is 18.8 Å². The molecule has 12 heteroatoms. The highest BCUT2D eigenvalue weighted by Crippen LogP contribution is 2.26. The van der Waals surface area contributed by atoms with Crippen LogP contribution in [0.2, 0.25) is 0 Å². The Morgan fingerprint density at radius 3 is 1.26 bits per heavy atom. The van der Waals surface area contributed by atoms with Gasteiger partial charge in [0.15, 0.2) is 24.6 Å². The minimum atomic E-state index is -1.92. The van der Waals surface area contributed by atoms with Crippen LogP contribution in [-0.2, 0) is 42.9 Å². The topological polar surface area (TPSA) is 175 Å². The second kappa shape index (κ2) is 52.6. The lowest BCUT2D eigenvalue weighted by atomic mass is 9.98. The zero-order valence-electron chi connectivity index (χ0n) is 48.4. The molecular weight excluding hydrogens is 973 g/mol. The number of ether oxygens (including phenoxy) is 5. The number of carboxylic acid groups (broad SMARTS) is 1. The van der Waals surface area contributed by atoms with Gasteiger partial charge in [-0.2, -0.15) is 0 Å². The maximum absolute atomic E-state index is 13.2. The molecule has 3 N–H and O–H groups in total. The summed E-state index contributed by atoms with van der Waals surface area (Å²) in [5, 5.41) is 31.5. The van der Waals surface area contributed by atoms with E-state index in [1.54, 1.807) is 0 Å². The molecule has 0 spiro atoms. The van der Waals surface area contributed by atoms with Gasteiger partial charge >= 0.3 is 23.9 Å². The fourth-order valence-electron chi connectivity index (χ4n) is 8.84. The van der Waals surface area contributed by atoms with Crippen LogP contribution in [0.25, 0.3) is 0 Å². The smallest absolute Gasteiger partial charge is 0.335 e. The van der Waals surface area contributed by atoms with Gasteiger partial charge < -0.3 is 39.0 Å². The molecule has 0 aromatic heterocycles. The highest BCUT2D eigenvalue weighted by atomic mass is 16.7. The van der Waals surface area contributed by atoms with Crippen LogP contribution in [0.4, 0.5) is 0 Å². The lowest BCUT2D eigenvalue weighted by Crippen LogP contribution is -2.61. The number of unbranched alkanes of at least 4 members (excludes halogenated alkanes) is 23. The average molecular weight is 1080 g/mol. The first-order valence-electron chi connectivity index (χ1n) is 30.6. The zero-order valence-corrected chi connectivity index (χ0v) is 48.4. The number of aliphatic hydroxyl groups is 2. The molecule has 0 amide bonds. The molecule has 440 valence electrons. The molecule has 1 heterocycles. The number of rotatable bonds is 51. The zero-order chi connectivity index (χ0) is 56.1. The summed E-state index contributed by atoms with van der Waals surface area (Å²) in [6, 6.07) is 0. The largest absolute Gasteiger partial charge is 0.479 e. The van der Waals surface area contributed by atoms with Crippen molar-refractivity contribution in [3.8, 4) is 0 Å². The fraction of sp³-hybridized carbons (Fsp3) is 0.723. The lowest BCUT2D eigenvalue weighted by Gasteiger charge is -2.40. The van der Waals surface area contributed by atoms with Crippen LogP contribution in [0.15, 0.2) is 85.1 Å². The van der Waals surface area contributed by atoms with Crippen LogP contribution in [-0.4, -0.2) is 89.2 Å². The van der Waals surface area contributed by atoms with Gasteiger partial charge in [-0.05, 0) is 89.9 Å². The third-order valence-corrected chi connectivity index (χ3v) is 13.5. The molecule has 12 nitrogen and oxygen atoms in total. The molecule has 1 rings (SSSR count). The number of carbonyl (C=O) groups is 4. The van der Waals surface area contributed by atoms with Crippen molar-refractivity contribution in [2.24, 2.45) is 0 Å². The number of aliphatic carboxylic acids is 1. The Hall–Kier alpha value is -4.10. The molecular formula is C65H108O12. The summed E-state index contributed by atoms with van der Waals surface area (Å²) in [5.41, 5.74) is 0. The van der Waals surface area contributed by atoms with Gasteiger partial charge in [0.2, 0.25) is 0 Å². The van der Waals surface area contributed by atoms with Crippen LogP contribution < -0.4 is 0 Å². The molecule has 6 unspecified atom stereocenters. The predicted octanol–water partition coefficient (Wildman–Crippen LogP) is 15.9. The molecule has 6 atom stereocenters. The van der Waals surface area contributed by atoms with E-state index in [1.807, 2.05) is 0 Å². The Morgan fingerprint density at radius 1 is 0.442 bits per heavy atom. The number of carboxylic acids is 1. The first-order valence-corrected chi connectivity index (χ1v) is 30.6. The van der Waals surface area contributed by atoms with E-state index in [9.17, 15) is 34.5 Å². The Morgan fingerprint density at radius 2 is 0.818 bits per heavy atom. The van der Waals surface area contributed by atoms with Crippen LogP contribution in [0.3, 0.4) is 0 Å². The summed E-state index contributed by atoms with van der Waals surface area (Å²) in [5.74, 6) is -3.18. The van der Waals surface area contributed by atoms with E-state index in [0.717, 1.165) is 109 Å². The summed E-state index contributed by atoms with van der Waals surface area (Å²) in [6.45, 7) is 5.74. The number of hydrogen-bond acceptors (Lipinski definition) is 11. The van der Waals surface area contributed by atoms with Gasteiger partial charge in [0.25, 0.3) is 0 Å². The van der Waals surface area contributed by atoms with E-state index in [-0.39, 0.29) is 25.9 Å². The maximum atomic E-state index is 13.2. The van der Waals surface area contributed by atoms with Crippen molar-refractivity contribution in [1.29, 1.82) is 0 Å². The minimum absolute atomic E-state index is 0.0208. The summed E-state index contributed by atoms with van der Waals surface area (Å²) < 4.78 is 28.4. The number of hydrogen-bond donors (Lipinski definition) is 3. The molecule has 0 aromatic rings. The van der Waals surface area contributed by atoms with Crippen LogP contribution in [0.1, 0.15) is 252 Å². The molecule has 1 aliphatic rings. The van der Waals surface area contributed by atoms with Crippen LogP contribution >= 0.6 is 0 Å².